The number of aliphatic hydroxyl groups excluding tert-OH is 1. The van der Waals surface area contributed by atoms with E-state index in [4.69, 9.17) is 28.8 Å². The van der Waals surface area contributed by atoms with E-state index < -0.39 is 17.9 Å². The van der Waals surface area contributed by atoms with Crippen LogP contribution < -0.4 is 33.2 Å². The number of unbranched alkanes of at least 4 members (excludes halogenated alkanes) is 1. The molecule has 0 bridgehead atoms. The van der Waals surface area contributed by atoms with Crippen molar-refractivity contribution in [1.29, 1.82) is 0 Å². The number of nitrogens with zero attached hydrogens (tertiary/aromatic N) is 3. The van der Waals surface area contributed by atoms with Gasteiger partial charge in [-0.15, -0.1) is 6.58 Å². The predicted octanol–water partition coefficient (Wildman–Crippen LogP) is 3.39. The van der Waals surface area contributed by atoms with Gasteiger partial charge < -0.3 is 38.0 Å². The minimum absolute atomic E-state index is 0.00834. The van der Waals surface area contributed by atoms with E-state index in [0.717, 1.165) is 44.6 Å². The smallest absolute Gasteiger partial charge is 0.280 e. The predicted molar refractivity (Wildman–Crippen MR) is 186 cm³/mol. The minimum Gasteiger partial charge on any atom is -0.506 e. The van der Waals surface area contributed by atoms with Crippen LogP contribution in [0.3, 0.4) is 0 Å². The van der Waals surface area contributed by atoms with E-state index in [-0.39, 0.29) is 52.5 Å². The highest BCUT2D eigenvalue weighted by molar-refractivity contribution is 6.31. The average molecular weight is 664 g/mol. The fraction of sp³-hybridized carbons (Fsp3) is 0.303. The number of hydrogen-bond donors (Lipinski definition) is 8. The van der Waals surface area contributed by atoms with Gasteiger partial charge in [0.2, 0.25) is 5.91 Å². The van der Waals surface area contributed by atoms with E-state index in [9.17, 15) is 19.8 Å². The number of amides is 2. The van der Waals surface area contributed by atoms with E-state index in [1.54, 1.807) is 6.07 Å². The number of aromatic nitrogens is 2. The van der Waals surface area contributed by atoms with Crippen LogP contribution in [-0.4, -0.2) is 57.1 Å². The Bertz CT molecular complexity index is 1580. The van der Waals surface area contributed by atoms with Gasteiger partial charge in [0.25, 0.3) is 5.91 Å². The maximum Gasteiger partial charge on any atom is 0.280 e. The topological polar surface area (TPSA) is 227 Å². The molecule has 0 radical (unpaired) electrons. The van der Waals surface area contributed by atoms with Crippen molar-refractivity contribution in [2.75, 3.05) is 29.9 Å². The number of aryl methyl sites for hydroxylation is 2. The van der Waals surface area contributed by atoms with Crippen molar-refractivity contribution >= 4 is 46.7 Å². The van der Waals surface area contributed by atoms with Gasteiger partial charge in [-0.2, -0.15) is 0 Å². The Balaban J connectivity index is 1.35. The summed E-state index contributed by atoms with van der Waals surface area (Å²) in [4.78, 5) is 35.7. The normalized spacial score (nSPS) is 12.6. The lowest BCUT2D eigenvalue weighted by molar-refractivity contribution is -0.111. The molecule has 0 spiro atoms. The summed E-state index contributed by atoms with van der Waals surface area (Å²) in [6.07, 6.45) is 7.31. The molecule has 13 nitrogen and oxygen atoms in total. The summed E-state index contributed by atoms with van der Waals surface area (Å²) in [5.41, 5.74) is 20.1. The Morgan fingerprint density at radius 2 is 1.68 bits per heavy atom. The van der Waals surface area contributed by atoms with Gasteiger partial charge in [-0.05, 0) is 73.4 Å². The second-order valence-corrected chi connectivity index (χ2v) is 11.1. The molecule has 1 aromatic heterocycles. The molecule has 1 heterocycles. The summed E-state index contributed by atoms with van der Waals surface area (Å²) in [5, 5.41) is 28.8. The van der Waals surface area contributed by atoms with Gasteiger partial charge in [-0.1, -0.05) is 54.6 Å². The summed E-state index contributed by atoms with van der Waals surface area (Å²) < 4.78 is 0. The van der Waals surface area contributed by atoms with Crippen molar-refractivity contribution in [2.24, 2.45) is 10.7 Å². The number of aliphatic imine (C=N–C) groups is 1. The van der Waals surface area contributed by atoms with Crippen molar-refractivity contribution in [2.45, 2.75) is 50.7 Å². The van der Waals surface area contributed by atoms with Crippen LogP contribution >= 0.6 is 11.6 Å². The number of phenolic OH excluding ortho intramolecular Hbond substituents is 1. The Morgan fingerprint density at radius 3 is 2.34 bits per heavy atom. The summed E-state index contributed by atoms with van der Waals surface area (Å²) >= 11 is 5.81. The number of nitrogens with one attached hydrogen (secondary N) is 3. The standard InChI is InChI=1S/C33H42ClN9O4/c1-3-23(39-19-26(45)22-15-16-25(44)24(18-22)40-27(46)4-2)10-7-9-21-13-11-20(12-14-21)8-5-6-17-38-33(37)43-32(47)28-30(35)42-31(36)29(34)41-28/h3-4,11-16,18,23,26,39,44-45H,1-2,5-10,17,19H2,(H,40,46)(H4,35,36,42)(H3,37,38,43,47)/t23-,26-/m0/s1. The van der Waals surface area contributed by atoms with Crippen LogP contribution in [0.25, 0.3) is 0 Å². The number of anilines is 3. The number of benzene rings is 2. The molecule has 0 unspecified atom stereocenters. The molecule has 2 aromatic carbocycles. The first kappa shape index (κ1) is 36.5. The van der Waals surface area contributed by atoms with Gasteiger partial charge >= 0.3 is 0 Å². The van der Waals surface area contributed by atoms with Crippen molar-refractivity contribution in [3.8, 4) is 5.75 Å². The van der Waals surface area contributed by atoms with Crippen molar-refractivity contribution in [1.82, 2.24) is 20.6 Å². The molecule has 0 aliphatic rings. The van der Waals surface area contributed by atoms with Gasteiger partial charge in [-0.3, -0.25) is 19.9 Å². The summed E-state index contributed by atoms with van der Waals surface area (Å²) in [6, 6.07) is 13.1. The van der Waals surface area contributed by atoms with Gasteiger partial charge in [0, 0.05) is 19.1 Å². The number of carbonyl (C=O) groups is 2. The summed E-state index contributed by atoms with van der Waals surface area (Å²) in [5.74, 6) is -1.51. The first-order valence-corrected chi connectivity index (χ1v) is 15.5. The van der Waals surface area contributed by atoms with E-state index >= 15 is 0 Å². The van der Waals surface area contributed by atoms with Crippen LogP contribution in [-0.2, 0) is 17.6 Å². The van der Waals surface area contributed by atoms with Crippen LogP contribution in [0, 0.1) is 0 Å². The molecule has 0 saturated carbocycles. The Labute approximate surface area is 279 Å². The Morgan fingerprint density at radius 1 is 1.00 bits per heavy atom. The van der Waals surface area contributed by atoms with Gasteiger partial charge in [0.1, 0.15) is 5.75 Å². The second-order valence-electron chi connectivity index (χ2n) is 10.8. The third-order valence-corrected chi connectivity index (χ3v) is 7.51. The van der Waals surface area contributed by atoms with Gasteiger partial charge in [0.15, 0.2) is 28.4 Å². The van der Waals surface area contributed by atoms with Crippen molar-refractivity contribution in [3.63, 3.8) is 0 Å². The molecule has 2 amide bonds. The van der Waals surface area contributed by atoms with E-state index in [2.05, 4.69) is 68.3 Å². The lowest BCUT2D eigenvalue weighted by Gasteiger charge is -2.19. The number of phenols is 1. The number of guanidine groups is 1. The average Bonchev–Trinajstić information content (AvgIpc) is 3.05. The Kier molecular flexibility index (Phi) is 14.2. The van der Waals surface area contributed by atoms with Crippen LogP contribution in [0.4, 0.5) is 17.3 Å². The highest BCUT2D eigenvalue weighted by atomic mass is 35.5. The van der Waals surface area contributed by atoms with Crippen LogP contribution in [0.5, 0.6) is 5.75 Å². The number of aromatic hydroxyl groups is 1. The van der Waals surface area contributed by atoms with Crippen molar-refractivity contribution in [3.05, 3.63) is 95.3 Å². The first-order valence-electron chi connectivity index (χ1n) is 15.1. The van der Waals surface area contributed by atoms with Gasteiger partial charge in [-0.25, -0.2) is 9.97 Å². The zero-order valence-electron chi connectivity index (χ0n) is 26.1. The number of aliphatic hydroxyl groups is 1. The van der Waals surface area contributed by atoms with E-state index in [1.807, 2.05) is 6.08 Å². The quantitative estimate of drug-likeness (QED) is 0.0262. The molecule has 0 aliphatic heterocycles. The molecule has 11 N–H and O–H groups in total. The molecule has 3 aromatic rings. The lowest BCUT2D eigenvalue weighted by Crippen LogP contribution is -2.38. The molecular formula is C33H42ClN9O4. The van der Waals surface area contributed by atoms with Crippen LogP contribution in [0.1, 0.15) is 59.0 Å². The number of nitrogen functional groups attached to an aromatic ring is 2. The molecule has 0 fully saturated rings. The molecular weight excluding hydrogens is 622 g/mol. The van der Waals surface area contributed by atoms with E-state index in [0.29, 0.717) is 12.1 Å². The molecule has 0 saturated heterocycles. The second kappa shape index (κ2) is 18.2. The molecule has 250 valence electrons. The van der Waals surface area contributed by atoms with Gasteiger partial charge in [0.05, 0.1) is 11.8 Å². The minimum atomic E-state index is -0.842. The fourth-order valence-electron chi connectivity index (χ4n) is 4.59. The summed E-state index contributed by atoms with van der Waals surface area (Å²) in [7, 11) is 0. The number of halogens is 1. The first-order chi connectivity index (χ1) is 22.5. The fourth-order valence-corrected chi connectivity index (χ4v) is 4.72. The van der Waals surface area contributed by atoms with Crippen molar-refractivity contribution < 1.29 is 19.8 Å². The van der Waals surface area contributed by atoms with E-state index in [1.165, 1.54) is 23.3 Å². The highest BCUT2D eigenvalue weighted by Crippen LogP contribution is 2.27. The SMILES string of the molecule is C=CC(=O)Nc1cc([C@@H](O)CN[C@@H](C=C)CCCc2ccc(CCCCN=C(N)NC(=O)c3nc(Cl)c(N)nc3N)cc2)ccc1O. The zero-order valence-corrected chi connectivity index (χ0v) is 26.8. The third kappa shape index (κ3) is 11.7. The largest absolute Gasteiger partial charge is 0.506 e. The summed E-state index contributed by atoms with van der Waals surface area (Å²) in [6.45, 7) is 8.03. The monoisotopic (exact) mass is 663 g/mol. The molecule has 14 heteroatoms. The molecule has 0 aliphatic carbocycles. The molecule has 3 rings (SSSR count). The number of nitrogens with two attached hydrogens (primary N) is 3. The lowest BCUT2D eigenvalue weighted by atomic mass is 10.0. The number of carbonyl (C=O) groups excluding carboxylic acids is 2. The maximum atomic E-state index is 12.3. The van der Waals surface area contributed by atoms with Crippen LogP contribution in [0.2, 0.25) is 5.15 Å². The van der Waals surface area contributed by atoms with Crippen LogP contribution in [0.15, 0.2) is 72.8 Å². The highest BCUT2D eigenvalue weighted by Gasteiger charge is 2.17. The molecule has 47 heavy (non-hydrogen) atoms. The number of rotatable bonds is 17. The maximum absolute atomic E-state index is 12.3. The number of hydrogen-bond acceptors (Lipinski definition) is 10. The Hall–Kier alpha value is -4.98. The zero-order chi connectivity index (χ0) is 34.3. The molecule has 2 atom stereocenters. The third-order valence-electron chi connectivity index (χ3n) is 7.23.